The quantitative estimate of drug-likeness (QED) is 0.783. The number of pyridine rings is 1. The van der Waals surface area contributed by atoms with Crippen molar-refractivity contribution in [1.29, 1.82) is 0 Å². The van der Waals surface area contributed by atoms with Crippen molar-refractivity contribution in [1.82, 2.24) is 4.98 Å². The highest BCUT2D eigenvalue weighted by Gasteiger charge is 2.08. The first kappa shape index (κ1) is 13.3. The summed E-state index contributed by atoms with van der Waals surface area (Å²) in [5, 5.41) is 0. The molecule has 1 aromatic heterocycles. The highest BCUT2D eigenvalue weighted by molar-refractivity contribution is 5.94. The molecule has 3 nitrogen and oxygen atoms in total. The summed E-state index contributed by atoms with van der Waals surface area (Å²) in [4.78, 5) is 17.7. The maximum Gasteiger partial charge on any atom is 0.159 e. The first-order valence-corrected chi connectivity index (χ1v) is 6.26. The third-order valence-corrected chi connectivity index (χ3v) is 3.09. The summed E-state index contributed by atoms with van der Waals surface area (Å²) in [7, 11) is 1.96. The third-order valence-electron chi connectivity index (χ3n) is 3.09. The lowest BCUT2D eigenvalue weighted by atomic mass is 10.1. The molecule has 0 spiro atoms. The molecule has 0 aliphatic rings. The van der Waals surface area contributed by atoms with Crippen molar-refractivity contribution >= 4 is 17.3 Å². The summed E-state index contributed by atoms with van der Waals surface area (Å²) in [6, 6.07) is 9.90. The third kappa shape index (κ3) is 2.99. The SMILES string of the molecule is CC(=O)c1ccnc(N(C)c2cc(C)cc(C)c2)c1. The van der Waals surface area contributed by atoms with Crippen LogP contribution in [0.5, 0.6) is 0 Å². The van der Waals surface area contributed by atoms with Crippen molar-refractivity contribution < 1.29 is 4.79 Å². The van der Waals surface area contributed by atoms with E-state index >= 15 is 0 Å². The number of carbonyl (C=O) groups excluding carboxylic acids is 1. The van der Waals surface area contributed by atoms with Crippen LogP contribution in [0.15, 0.2) is 36.5 Å². The van der Waals surface area contributed by atoms with Crippen molar-refractivity contribution in [2.24, 2.45) is 0 Å². The summed E-state index contributed by atoms with van der Waals surface area (Å²) >= 11 is 0. The minimum atomic E-state index is 0.0532. The van der Waals surface area contributed by atoms with Gasteiger partial charge in [0.05, 0.1) is 0 Å². The van der Waals surface area contributed by atoms with E-state index in [-0.39, 0.29) is 5.78 Å². The van der Waals surface area contributed by atoms with Gasteiger partial charge in [0.25, 0.3) is 0 Å². The Kier molecular flexibility index (Phi) is 3.65. The van der Waals surface area contributed by atoms with Crippen LogP contribution in [0.3, 0.4) is 0 Å². The zero-order valence-electron chi connectivity index (χ0n) is 11.8. The van der Waals surface area contributed by atoms with Gasteiger partial charge in [0.1, 0.15) is 5.82 Å². The molecule has 0 saturated carbocycles. The predicted molar refractivity (Wildman–Crippen MR) is 78.2 cm³/mol. The number of anilines is 2. The summed E-state index contributed by atoms with van der Waals surface area (Å²) in [6.07, 6.45) is 1.67. The number of benzene rings is 1. The van der Waals surface area contributed by atoms with E-state index in [1.165, 1.54) is 11.1 Å². The fourth-order valence-electron chi connectivity index (χ4n) is 2.10. The van der Waals surface area contributed by atoms with Crippen molar-refractivity contribution in [2.75, 3.05) is 11.9 Å². The minimum Gasteiger partial charge on any atom is -0.329 e. The van der Waals surface area contributed by atoms with E-state index in [2.05, 4.69) is 37.0 Å². The number of rotatable bonds is 3. The lowest BCUT2D eigenvalue weighted by molar-refractivity contribution is 0.101. The molecule has 1 heterocycles. The Labute approximate surface area is 113 Å². The van der Waals surface area contributed by atoms with Gasteiger partial charge in [0.2, 0.25) is 0 Å². The zero-order valence-corrected chi connectivity index (χ0v) is 11.8. The van der Waals surface area contributed by atoms with Crippen LogP contribution in [0.1, 0.15) is 28.4 Å². The van der Waals surface area contributed by atoms with Crippen molar-refractivity contribution in [3.63, 3.8) is 0 Å². The maximum absolute atomic E-state index is 11.4. The molecule has 19 heavy (non-hydrogen) atoms. The molecule has 3 heteroatoms. The monoisotopic (exact) mass is 254 g/mol. The van der Waals surface area contributed by atoms with E-state index in [0.29, 0.717) is 5.56 Å². The van der Waals surface area contributed by atoms with Crippen LogP contribution < -0.4 is 4.90 Å². The Balaban J connectivity index is 2.40. The Hall–Kier alpha value is -2.16. The van der Waals surface area contributed by atoms with Gasteiger partial charge >= 0.3 is 0 Å². The number of hydrogen-bond acceptors (Lipinski definition) is 3. The Morgan fingerprint density at radius 2 is 1.74 bits per heavy atom. The summed E-state index contributed by atoms with van der Waals surface area (Å²) in [5.41, 5.74) is 4.18. The van der Waals surface area contributed by atoms with Crippen molar-refractivity contribution in [2.45, 2.75) is 20.8 Å². The van der Waals surface area contributed by atoms with E-state index in [1.807, 2.05) is 18.0 Å². The van der Waals surface area contributed by atoms with Crippen LogP contribution in [0.4, 0.5) is 11.5 Å². The fraction of sp³-hybridized carbons (Fsp3) is 0.250. The maximum atomic E-state index is 11.4. The van der Waals surface area contributed by atoms with Gasteiger partial charge in [-0.15, -0.1) is 0 Å². The molecule has 0 aliphatic heterocycles. The average Bonchev–Trinajstić information content (AvgIpc) is 2.37. The van der Waals surface area contributed by atoms with Gasteiger partial charge < -0.3 is 4.90 Å². The number of Topliss-reactive ketones (excluding diaryl/α,β-unsaturated/α-hetero) is 1. The van der Waals surface area contributed by atoms with Gasteiger partial charge in [0, 0.05) is 24.5 Å². The molecule has 0 radical (unpaired) electrons. The van der Waals surface area contributed by atoms with Crippen LogP contribution in [0, 0.1) is 13.8 Å². The summed E-state index contributed by atoms with van der Waals surface area (Å²) in [6.45, 7) is 5.71. The number of carbonyl (C=O) groups is 1. The second kappa shape index (κ2) is 5.22. The van der Waals surface area contributed by atoms with Crippen LogP contribution in [-0.4, -0.2) is 17.8 Å². The van der Waals surface area contributed by atoms with Crippen LogP contribution >= 0.6 is 0 Å². The molecule has 0 aliphatic carbocycles. The first-order valence-electron chi connectivity index (χ1n) is 6.26. The van der Waals surface area contributed by atoms with Crippen LogP contribution in [0.2, 0.25) is 0 Å². The number of ketones is 1. The standard InChI is InChI=1S/C16H18N2O/c1-11-7-12(2)9-15(8-11)18(4)16-10-14(13(3)19)5-6-17-16/h5-10H,1-4H3. The Morgan fingerprint density at radius 3 is 2.32 bits per heavy atom. The summed E-state index contributed by atoms with van der Waals surface area (Å²) < 4.78 is 0. The molecule has 2 rings (SSSR count). The van der Waals surface area contributed by atoms with Crippen LogP contribution in [0.25, 0.3) is 0 Å². The molecule has 0 N–H and O–H groups in total. The van der Waals surface area contributed by atoms with Crippen molar-refractivity contribution in [3.8, 4) is 0 Å². The van der Waals surface area contributed by atoms with Gasteiger partial charge in [-0.05, 0) is 56.2 Å². The van der Waals surface area contributed by atoms with Crippen LogP contribution in [-0.2, 0) is 0 Å². The number of aryl methyl sites for hydroxylation is 2. The van der Waals surface area contributed by atoms with Gasteiger partial charge in [-0.1, -0.05) is 6.07 Å². The van der Waals surface area contributed by atoms with E-state index in [4.69, 9.17) is 0 Å². The molecule has 0 unspecified atom stereocenters. The van der Waals surface area contributed by atoms with E-state index in [0.717, 1.165) is 11.5 Å². The molecule has 2 aromatic rings. The highest BCUT2D eigenvalue weighted by atomic mass is 16.1. The largest absolute Gasteiger partial charge is 0.329 e. The van der Waals surface area contributed by atoms with Gasteiger partial charge in [-0.3, -0.25) is 4.79 Å². The lowest BCUT2D eigenvalue weighted by Gasteiger charge is -2.19. The smallest absolute Gasteiger partial charge is 0.159 e. The van der Waals surface area contributed by atoms with Gasteiger partial charge in [-0.2, -0.15) is 0 Å². The molecule has 0 bridgehead atoms. The molecule has 98 valence electrons. The van der Waals surface area contributed by atoms with E-state index in [1.54, 1.807) is 19.2 Å². The molecular weight excluding hydrogens is 236 g/mol. The average molecular weight is 254 g/mol. The number of hydrogen-bond donors (Lipinski definition) is 0. The van der Waals surface area contributed by atoms with Crippen molar-refractivity contribution in [3.05, 3.63) is 53.2 Å². The molecule has 0 fully saturated rings. The Bertz CT molecular complexity index is 600. The molecule has 0 amide bonds. The molecular formula is C16H18N2O. The molecule has 0 saturated heterocycles. The topological polar surface area (TPSA) is 33.2 Å². The molecule has 1 aromatic carbocycles. The fourth-order valence-corrected chi connectivity index (χ4v) is 2.10. The highest BCUT2D eigenvalue weighted by Crippen LogP contribution is 2.24. The van der Waals surface area contributed by atoms with Gasteiger partial charge in [-0.25, -0.2) is 4.98 Å². The first-order chi connectivity index (χ1) is 8.97. The number of aromatic nitrogens is 1. The molecule has 0 atom stereocenters. The Morgan fingerprint density at radius 1 is 1.11 bits per heavy atom. The minimum absolute atomic E-state index is 0.0532. The zero-order chi connectivity index (χ0) is 14.0. The lowest BCUT2D eigenvalue weighted by Crippen LogP contribution is -2.12. The van der Waals surface area contributed by atoms with Gasteiger partial charge in [0.15, 0.2) is 5.78 Å². The number of nitrogens with zero attached hydrogens (tertiary/aromatic N) is 2. The second-order valence-electron chi connectivity index (χ2n) is 4.86. The predicted octanol–water partition coefficient (Wildman–Crippen LogP) is 3.67. The summed E-state index contributed by atoms with van der Waals surface area (Å²) in [5.74, 6) is 0.829. The van der Waals surface area contributed by atoms with E-state index < -0.39 is 0 Å². The van der Waals surface area contributed by atoms with E-state index in [9.17, 15) is 4.79 Å². The normalized spacial score (nSPS) is 10.3. The second-order valence-corrected chi connectivity index (χ2v) is 4.86.